The van der Waals surface area contributed by atoms with Crippen molar-refractivity contribution in [1.82, 2.24) is 4.90 Å². The molecular weight excluding hydrogens is 245 g/mol. The maximum absolute atomic E-state index is 13.4. The number of likely N-dealkylation sites (tertiary alicyclic amines) is 1. The topological polar surface area (TPSA) is 40.5 Å². The zero-order chi connectivity index (χ0) is 13.7. The van der Waals surface area contributed by atoms with Crippen molar-refractivity contribution in [1.29, 1.82) is 0 Å². The number of aliphatic hydroxyl groups is 1. The van der Waals surface area contributed by atoms with E-state index in [4.69, 9.17) is 5.11 Å². The third-order valence-electron chi connectivity index (χ3n) is 3.70. The lowest BCUT2D eigenvalue weighted by molar-refractivity contribution is -0.133. The fourth-order valence-electron chi connectivity index (χ4n) is 2.54. The number of carbonyl (C=O) groups excluding carboxylic acids is 1. The van der Waals surface area contributed by atoms with Crippen LogP contribution in [0, 0.1) is 11.7 Å². The molecule has 1 atom stereocenters. The van der Waals surface area contributed by atoms with E-state index in [1.54, 1.807) is 23.1 Å². The van der Waals surface area contributed by atoms with Crippen LogP contribution >= 0.6 is 0 Å². The van der Waals surface area contributed by atoms with Crippen molar-refractivity contribution >= 4 is 5.91 Å². The van der Waals surface area contributed by atoms with Gasteiger partial charge in [0.2, 0.25) is 5.91 Å². The zero-order valence-corrected chi connectivity index (χ0v) is 11.0. The molecule has 19 heavy (non-hydrogen) atoms. The summed E-state index contributed by atoms with van der Waals surface area (Å²) in [5, 5.41) is 9.15. The molecule has 1 heterocycles. The number of halogens is 1. The summed E-state index contributed by atoms with van der Waals surface area (Å²) in [6.07, 6.45) is 2.69. The van der Waals surface area contributed by atoms with E-state index in [9.17, 15) is 9.18 Å². The summed E-state index contributed by atoms with van der Waals surface area (Å²) in [4.78, 5) is 13.9. The third kappa shape index (κ3) is 3.77. The van der Waals surface area contributed by atoms with Gasteiger partial charge in [0.05, 0.1) is 0 Å². The van der Waals surface area contributed by atoms with Gasteiger partial charge in [-0.2, -0.15) is 0 Å². The second-order valence-electron chi connectivity index (χ2n) is 5.12. The Morgan fingerprint density at radius 2 is 2.21 bits per heavy atom. The van der Waals surface area contributed by atoms with Gasteiger partial charge in [0.15, 0.2) is 0 Å². The highest BCUT2D eigenvalue weighted by molar-refractivity contribution is 5.76. The molecule has 0 saturated carbocycles. The van der Waals surface area contributed by atoms with Gasteiger partial charge in [0.25, 0.3) is 0 Å². The van der Waals surface area contributed by atoms with Gasteiger partial charge in [0, 0.05) is 26.1 Å². The lowest BCUT2D eigenvalue weighted by Crippen LogP contribution is -2.41. The summed E-state index contributed by atoms with van der Waals surface area (Å²) in [7, 11) is 0. The molecular formula is C15H20FNO2. The molecule has 1 aliphatic heterocycles. The van der Waals surface area contributed by atoms with E-state index >= 15 is 0 Å². The molecule has 4 heteroatoms. The average molecular weight is 265 g/mol. The van der Waals surface area contributed by atoms with Gasteiger partial charge in [-0.1, -0.05) is 18.2 Å². The van der Waals surface area contributed by atoms with Crippen LogP contribution in [0.2, 0.25) is 0 Å². The Hall–Kier alpha value is -1.42. The first-order chi connectivity index (χ1) is 9.20. The molecule has 1 aliphatic rings. The Balaban J connectivity index is 1.86. The van der Waals surface area contributed by atoms with Crippen LogP contribution < -0.4 is 0 Å². The number of hydrogen-bond donors (Lipinski definition) is 1. The first-order valence-electron chi connectivity index (χ1n) is 6.82. The fourth-order valence-corrected chi connectivity index (χ4v) is 2.54. The van der Waals surface area contributed by atoms with E-state index < -0.39 is 0 Å². The number of benzene rings is 1. The number of hydrogen-bond acceptors (Lipinski definition) is 2. The Morgan fingerprint density at radius 3 is 2.95 bits per heavy atom. The van der Waals surface area contributed by atoms with Crippen molar-refractivity contribution in [3.05, 3.63) is 35.6 Å². The van der Waals surface area contributed by atoms with Gasteiger partial charge in [-0.3, -0.25) is 4.79 Å². The highest BCUT2D eigenvalue weighted by Crippen LogP contribution is 2.17. The van der Waals surface area contributed by atoms with Crippen molar-refractivity contribution in [2.75, 3.05) is 19.7 Å². The quantitative estimate of drug-likeness (QED) is 0.904. The molecule has 1 saturated heterocycles. The van der Waals surface area contributed by atoms with Gasteiger partial charge >= 0.3 is 0 Å². The first kappa shape index (κ1) is 14.0. The van der Waals surface area contributed by atoms with Crippen LogP contribution in [0.3, 0.4) is 0 Å². The summed E-state index contributed by atoms with van der Waals surface area (Å²) >= 11 is 0. The second-order valence-corrected chi connectivity index (χ2v) is 5.12. The molecule has 1 unspecified atom stereocenters. The minimum absolute atomic E-state index is 0.0569. The Morgan fingerprint density at radius 1 is 1.42 bits per heavy atom. The van der Waals surface area contributed by atoms with Crippen molar-refractivity contribution in [3.63, 3.8) is 0 Å². The molecule has 104 valence electrons. The number of rotatable bonds is 4. The molecule has 3 nitrogen and oxygen atoms in total. The SMILES string of the molecule is O=C(CCc1ccccc1F)N1CCCC(CO)C1. The van der Waals surface area contributed by atoms with Crippen LogP contribution in [0.1, 0.15) is 24.8 Å². The predicted octanol–water partition coefficient (Wildman–Crippen LogP) is 1.99. The Bertz CT molecular complexity index is 436. The molecule has 1 fully saturated rings. The molecule has 1 amide bonds. The summed E-state index contributed by atoms with van der Waals surface area (Å²) in [6, 6.07) is 6.57. The van der Waals surface area contributed by atoms with Gasteiger partial charge in [-0.25, -0.2) is 4.39 Å². The molecule has 0 radical (unpaired) electrons. The average Bonchev–Trinajstić information content (AvgIpc) is 2.46. The molecule has 0 aromatic heterocycles. The molecule has 0 aliphatic carbocycles. The van der Waals surface area contributed by atoms with Crippen LogP contribution in [-0.4, -0.2) is 35.6 Å². The van der Waals surface area contributed by atoms with E-state index in [2.05, 4.69) is 0 Å². The molecule has 2 rings (SSSR count). The number of piperidine rings is 1. The minimum atomic E-state index is -0.248. The first-order valence-corrected chi connectivity index (χ1v) is 6.82. The van der Waals surface area contributed by atoms with Crippen LogP contribution in [0.4, 0.5) is 4.39 Å². The maximum atomic E-state index is 13.4. The largest absolute Gasteiger partial charge is 0.396 e. The Labute approximate surface area is 113 Å². The monoisotopic (exact) mass is 265 g/mol. The molecule has 1 aromatic rings. The maximum Gasteiger partial charge on any atom is 0.222 e. The number of amides is 1. The van der Waals surface area contributed by atoms with Crippen LogP contribution in [0.15, 0.2) is 24.3 Å². The summed E-state index contributed by atoms with van der Waals surface area (Å²) in [5.74, 6) is 0.00902. The van der Waals surface area contributed by atoms with Crippen LogP contribution in [0.25, 0.3) is 0 Å². The zero-order valence-electron chi connectivity index (χ0n) is 11.0. The van der Waals surface area contributed by atoms with E-state index in [0.717, 1.165) is 19.4 Å². The molecule has 0 spiro atoms. The lowest BCUT2D eigenvalue weighted by atomic mass is 9.98. The van der Waals surface area contributed by atoms with Gasteiger partial charge in [-0.15, -0.1) is 0 Å². The van der Waals surface area contributed by atoms with Crippen molar-refractivity contribution in [2.24, 2.45) is 5.92 Å². The summed E-state index contributed by atoms with van der Waals surface area (Å²) in [5.41, 5.74) is 0.589. The van der Waals surface area contributed by atoms with E-state index in [1.807, 2.05) is 0 Å². The number of nitrogens with zero attached hydrogens (tertiary/aromatic N) is 1. The van der Waals surface area contributed by atoms with Crippen LogP contribution in [-0.2, 0) is 11.2 Å². The highest BCUT2D eigenvalue weighted by Gasteiger charge is 2.22. The minimum Gasteiger partial charge on any atom is -0.396 e. The van der Waals surface area contributed by atoms with E-state index in [0.29, 0.717) is 24.9 Å². The fraction of sp³-hybridized carbons (Fsp3) is 0.533. The van der Waals surface area contributed by atoms with Crippen molar-refractivity contribution in [3.8, 4) is 0 Å². The number of aliphatic hydroxyl groups excluding tert-OH is 1. The summed E-state index contributed by atoms with van der Waals surface area (Å²) in [6.45, 7) is 1.52. The number of carbonyl (C=O) groups is 1. The normalized spacial score (nSPS) is 19.5. The highest BCUT2D eigenvalue weighted by atomic mass is 19.1. The Kier molecular flexibility index (Phi) is 4.91. The smallest absolute Gasteiger partial charge is 0.222 e. The standard InChI is InChI=1S/C15H20FNO2/c16-14-6-2-1-5-13(14)7-8-15(19)17-9-3-4-12(10-17)11-18/h1-2,5-6,12,18H,3-4,7-11H2. The lowest BCUT2D eigenvalue weighted by Gasteiger charge is -2.32. The summed E-state index contributed by atoms with van der Waals surface area (Å²) < 4.78 is 13.4. The third-order valence-corrected chi connectivity index (χ3v) is 3.70. The molecule has 1 aromatic carbocycles. The van der Waals surface area contributed by atoms with E-state index in [-0.39, 0.29) is 24.2 Å². The molecule has 1 N–H and O–H groups in total. The van der Waals surface area contributed by atoms with Gasteiger partial charge in [-0.05, 0) is 36.8 Å². The second kappa shape index (κ2) is 6.66. The van der Waals surface area contributed by atoms with Gasteiger partial charge in [0.1, 0.15) is 5.82 Å². The molecule has 0 bridgehead atoms. The van der Waals surface area contributed by atoms with Crippen LogP contribution in [0.5, 0.6) is 0 Å². The van der Waals surface area contributed by atoms with E-state index in [1.165, 1.54) is 6.07 Å². The van der Waals surface area contributed by atoms with Crippen molar-refractivity contribution < 1.29 is 14.3 Å². The predicted molar refractivity (Wildman–Crippen MR) is 71.1 cm³/mol. The number of aryl methyl sites for hydroxylation is 1. The van der Waals surface area contributed by atoms with Crippen molar-refractivity contribution in [2.45, 2.75) is 25.7 Å². The van der Waals surface area contributed by atoms with Gasteiger partial charge < -0.3 is 10.0 Å².